The van der Waals surface area contributed by atoms with Crippen LogP contribution in [0.4, 0.5) is 11.6 Å². The van der Waals surface area contributed by atoms with Crippen molar-refractivity contribution >= 4 is 17.2 Å². The number of nitrogens with zero attached hydrogens (tertiary/aromatic N) is 6. The fourth-order valence-electron chi connectivity index (χ4n) is 2.82. The molecule has 0 unspecified atom stereocenters. The summed E-state index contributed by atoms with van der Waals surface area (Å²) in [5, 5.41) is 20.1. The van der Waals surface area contributed by atoms with Crippen LogP contribution in [0.5, 0.6) is 5.75 Å². The molecule has 0 spiro atoms. The number of ether oxygens (including phenoxy) is 1. The maximum absolute atomic E-state index is 9.70. The SMILES string of the molecule is Cc1cc(C(C#N)=C2Nc3ccccc3O2)nc(NCCCn2cncn2)n1. The minimum absolute atomic E-state index is 0.326. The van der Waals surface area contributed by atoms with E-state index in [1.165, 1.54) is 6.33 Å². The Morgan fingerprint density at radius 3 is 3.00 bits per heavy atom. The van der Waals surface area contributed by atoms with E-state index in [4.69, 9.17) is 4.74 Å². The number of allylic oxidation sites excluding steroid dienone is 1. The minimum atomic E-state index is 0.326. The Bertz CT molecular complexity index is 1030. The molecule has 9 nitrogen and oxygen atoms in total. The first-order valence-electron chi connectivity index (χ1n) is 8.83. The minimum Gasteiger partial charge on any atom is -0.437 e. The molecule has 4 rings (SSSR count). The molecule has 2 N–H and O–H groups in total. The highest BCUT2D eigenvalue weighted by Crippen LogP contribution is 2.35. The normalized spacial score (nSPS) is 13.9. The van der Waals surface area contributed by atoms with Gasteiger partial charge >= 0.3 is 0 Å². The Morgan fingerprint density at radius 1 is 1.32 bits per heavy atom. The summed E-state index contributed by atoms with van der Waals surface area (Å²) in [5.74, 6) is 1.53. The molecular weight excluding hydrogens is 356 g/mol. The molecule has 0 atom stereocenters. The van der Waals surface area contributed by atoms with E-state index in [0.29, 0.717) is 35.4 Å². The van der Waals surface area contributed by atoms with E-state index in [2.05, 4.69) is 36.8 Å². The highest BCUT2D eigenvalue weighted by Gasteiger charge is 2.22. The lowest BCUT2D eigenvalue weighted by Gasteiger charge is -2.09. The number of para-hydroxylation sites is 2. The van der Waals surface area contributed by atoms with Gasteiger partial charge in [-0.3, -0.25) is 4.68 Å². The Labute approximate surface area is 161 Å². The lowest BCUT2D eigenvalue weighted by Crippen LogP contribution is -2.11. The molecule has 9 heteroatoms. The summed E-state index contributed by atoms with van der Waals surface area (Å²) in [6, 6.07) is 11.5. The third-order valence-electron chi connectivity index (χ3n) is 4.11. The van der Waals surface area contributed by atoms with Gasteiger partial charge in [0.2, 0.25) is 11.8 Å². The molecule has 1 aliphatic rings. The molecule has 1 aliphatic heterocycles. The standard InChI is InChI=1S/C19H18N8O/c1-13-9-16(14(10-20)18-25-15-5-2-3-6-17(15)28-18)26-19(24-13)22-7-4-8-27-12-21-11-23-27/h2-3,5-6,9,11-12,25H,4,7-8H2,1H3,(H,22,24,26). The van der Waals surface area contributed by atoms with Gasteiger partial charge in [-0.15, -0.1) is 0 Å². The molecule has 2 aromatic heterocycles. The van der Waals surface area contributed by atoms with Gasteiger partial charge < -0.3 is 15.4 Å². The first-order valence-corrected chi connectivity index (χ1v) is 8.83. The van der Waals surface area contributed by atoms with Crippen LogP contribution in [0.25, 0.3) is 5.57 Å². The molecule has 0 radical (unpaired) electrons. The third kappa shape index (κ3) is 3.76. The summed E-state index contributed by atoms with van der Waals surface area (Å²) >= 11 is 0. The summed E-state index contributed by atoms with van der Waals surface area (Å²) in [6.45, 7) is 3.28. The monoisotopic (exact) mass is 374 g/mol. The number of benzene rings is 1. The first kappa shape index (κ1) is 17.5. The smallest absolute Gasteiger partial charge is 0.223 e. The van der Waals surface area contributed by atoms with Crippen LogP contribution in [-0.4, -0.2) is 31.3 Å². The number of hydrogen-bond donors (Lipinski definition) is 2. The quantitative estimate of drug-likeness (QED) is 0.500. The van der Waals surface area contributed by atoms with E-state index in [1.54, 1.807) is 17.1 Å². The summed E-state index contributed by atoms with van der Waals surface area (Å²) in [6.07, 6.45) is 4.03. The van der Waals surface area contributed by atoms with Gasteiger partial charge in [0.25, 0.3) is 0 Å². The van der Waals surface area contributed by atoms with Crippen LogP contribution >= 0.6 is 0 Å². The van der Waals surface area contributed by atoms with Crippen molar-refractivity contribution in [1.29, 1.82) is 5.26 Å². The molecule has 0 saturated heterocycles. The fourth-order valence-corrected chi connectivity index (χ4v) is 2.82. The number of nitriles is 1. The molecule has 0 amide bonds. The highest BCUT2D eigenvalue weighted by atomic mass is 16.5. The van der Waals surface area contributed by atoms with Gasteiger partial charge in [-0.25, -0.2) is 15.0 Å². The zero-order chi connectivity index (χ0) is 19.3. The van der Waals surface area contributed by atoms with Crippen LogP contribution in [0.15, 0.2) is 48.9 Å². The summed E-state index contributed by atoms with van der Waals surface area (Å²) < 4.78 is 7.55. The maximum atomic E-state index is 9.70. The van der Waals surface area contributed by atoms with Crippen molar-refractivity contribution in [2.75, 3.05) is 17.2 Å². The van der Waals surface area contributed by atoms with Crippen LogP contribution in [0.1, 0.15) is 17.8 Å². The molecule has 0 aliphatic carbocycles. The predicted octanol–water partition coefficient (Wildman–Crippen LogP) is 2.58. The van der Waals surface area contributed by atoms with Crippen molar-refractivity contribution in [3.05, 3.63) is 60.3 Å². The van der Waals surface area contributed by atoms with Crippen molar-refractivity contribution in [2.45, 2.75) is 19.9 Å². The average molecular weight is 374 g/mol. The molecule has 140 valence electrons. The Kier molecular flexibility index (Phi) is 4.84. The van der Waals surface area contributed by atoms with E-state index in [0.717, 1.165) is 24.3 Å². The van der Waals surface area contributed by atoms with Gasteiger partial charge in [-0.1, -0.05) is 12.1 Å². The van der Waals surface area contributed by atoms with Gasteiger partial charge in [0, 0.05) is 18.8 Å². The fraction of sp³-hybridized carbons (Fsp3) is 0.211. The number of anilines is 2. The van der Waals surface area contributed by atoms with E-state index in [1.807, 2.05) is 31.2 Å². The van der Waals surface area contributed by atoms with Crippen LogP contribution in [0.2, 0.25) is 0 Å². The molecule has 0 saturated carbocycles. The molecule has 0 bridgehead atoms. The first-order chi connectivity index (χ1) is 13.7. The van der Waals surface area contributed by atoms with Crippen molar-refractivity contribution < 1.29 is 4.74 Å². The third-order valence-corrected chi connectivity index (χ3v) is 4.11. The van der Waals surface area contributed by atoms with Crippen LogP contribution < -0.4 is 15.4 Å². The second kappa shape index (κ2) is 7.75. The van der Waals surface area contributed by atoms with Gasteiger partial charge in [-0.05, 0) is 31.5 Å². The highest BCUT2D eigenvalue weighted by molar-refractivity contribution is 5.82. The molecule has 3 aromatic rings. The number of nitrogens with one attached hydrogen (secondary N) is 2. The molecule has 28 heavy (non-hydrogen) atoms. The lowest BCUT2D eigenvalue weighted by molar-refractivity contribution is 0.460. The topological polar surface area (TPSA) is 114 Å². The summed E-state index contributed by atoms with van der Waals surface area (Å²) in [7, 11) is 0. The van der Waals surface area contributed by atoms with Gasteiger partial charge in [0.15, 0.2) is 5.75 Å². The van der Waals surface area contributed by atoms with Crippen LogP contribution in [0, 0.1) is 18.3 Å². The van der Waals surface area contributed by atoms with Gasteiger partial charge in [0.1, 0.15) is 24.3 Å². The summed E-state index contributed by atoms with van der Waals surface area (Å²) in [5.41, 5.74) is 2.41. The molecule has 1 aromatic carbocycles. The van der Waals surface area contributed by atoms with Crippen LogP contribution in [0.3, 0.4) is 0 Å². The molecular formula is C19H18N8O. The summed E-state index contributed by atoms with van der Waals surface area (Å²) in [4.78, 5) is 12.8. The van der Waals surface area contributed by atoms with E-state index in [9.17, 15) is 5.26 Å². The Balaban J connectivity index is 1.50. The van der Waals surface area contributed by atoms with Gasteiger partial charge in [0.05, 0.1) is 11.4 Å². The molecule has 3 heterocycles. The second-order valence-corrected chi connectivity index (χ2v) is 6.20. The van der Waals surface area contributed by atoms with E-state index >= 15 is 0 Å². The second-order valence-electron chi connectivity index (χ2n) is 6.20. The number of hydrogen-bond acceptors (Lipinski definition) is 8. The van der Waals surface area contributed by atoms with Crippen molar-refractivity contribution in [1.82, 2.24) is 24.7 Å². The largest absolute Gasteiger partial charge is 0.437 e. The Morgan fingerprint density at radius 2 is 2.21 bits per heavy atom. The van der Waals surface area contributed by atoms with Gasteiger partial charge in [-0.2, -0.15) is 10.4 Å². The number of fused-ring (bicyclic) bond motifs is 1. The number of aromatic nitrogens is 5. The van der Waals surface area contributed by atoms with Crippen molar-refractivity contribution in [3.8, 4) is 11.8 Å². The van der Waals surface area contributed by atoms with Crippen molar-refractivity contribution in [2.24, 2.45) is 0 Å². The Hall–Kier alpha value is -3.93. The zero-order valence-electron chi connectivity index (χ0n) is 15.3. The number of rotatable bonds is 6. The predicted molar refractivity (Wildman–Crippen MR) is 103 cm³/mol. The van der Waals surface area contributed by atoms with Crippen LogP contribution in [-0.2, 0) is 6.54 Å². The van der Waals surface area contributed by atoms with E-state index < -0.39 is 0 Å². The average Bonchev–Trinajstić information content (AvgIpc) is 3.35. The van der Waals surface area contributed by atoms with Crippen molar-refractivity contribution in [3.63, 3.8) is 0 Å². The zero-order valence-corrected chi connectivity index (χ0v) is 15.3. The maximum Gasteiger partial charge on any atom is 0.223 e. The lowest BCUT2D eigenvalue weighted by atomic mass is 10.2. The molecule has 0 fully saturated rings. The number of aryl methyl sites for hydroxylation is 2. The van der Waals surface area contributed by atoms with E-state index in [-0.39, 0.29) is 0 Å².